The largest absolute Gasteiger partial charge is 0.395 e. The second-order valence-electron chi connectivity index (χ2n) is 6.53. The number of rotatable bonds is 5. The Balaban J connectivity index is 0.00000176. The molecule has 22 heavy (non-hydrogen) atoms. The van der Waals surface area contributed by atoms with Crippen LogP contribution in [0.15, 0.2) is 30.3 Å². The van der Waals surface area contributed by atoms with Crippen molar-refractivity contribution in [3.63, 3.8) is 0 Å². The number of ketones is 1. The number of carbonyl (C=O) groups is 1. The molecular formula is C18H26ClNO2. The normalized spacial score (nSPS) is 24.1. The van der Waals surface area contributed by atoms with Gasteiger partial charge in [-0.05, 0) is 37.8 Å². The van der Waals surface area contributed by atoms with Crippen molar-refractivity contribution in [1.29, 1.82) is 0 Å². The lowest BCUT2D eigenvalue weighted by molar-refractivity contribution is -0.126. The standard InChI is InChI=1S/C18H25NO2.ClH/c20-14-16-9-6-12-19(16)13-17(21)18(10-4-5-11-18)15-7-2-1-3-8-15;/h1-3,7-8,16,20H,4-6,9-14H2;1H. The van der Waals surface area contributed by atoms with Gasteiger partial charge in [-0.15, -0.1) is 12.4 Å². The summed E-state index contributed by atoms with van der Waals surface area (Å²) in [7, 11) is 0. The molecule has 0 aromatic heterocycles. The van der Waals surface area contributed by atoms with E-state index in [0.717, 1.165) is 45.1 Å². The van der Waals surface area contributed by atoms with Gasteiger partial charge in [0.15, 0.2) is 5.78 Å². The van der Waals surface area contributed by atoms with Crippen LogP contribution >= 0.6 is 12.4 Å². The lowest BCUT2D eigenvalue weighted by atomic mass is 9.75. The summed E-state index contributed by atoms with van der Waals surface area (Å²) in [6.07, 6.45) is 6.36. The van der Waals surface area contributed by atoms with E-state index in [4.69, 9.17) is 0 Å². The Hall–Kier alpha value is -0.900. The molecule has 1 heterocycles. The number of aliphatic hydroxyl groups excluding tert-OH is 1. The smallest absolute Gasteiger partial charge is 0.157 e. The summed E-state index contributed by atoms with van der Waals surface area (Å²) in [6, 6.07) is 10.5. The van der Waals surface area contributed by atoms with Crippen LogP contribution in [0.1, 0.15) is 44.1 Å². The van der Waals surface area contributed by atoms with Crippen LogP contribution in [0.25, 0.3) is 0 Å². The number of carbonyl (C=O) groups excluding carboxylic acids is 1. The zero-order valence-corrected chi connectivity index (χ0v) is 13.9. The zero-order chi connectivity index (χ0) is 14.7. The number of hydrogen-bond donors (Lipinski definition) is 1. The fourth-order valence-electron chi connectivity index (χ4n) is 4.11. The Morgan fingerprint density at radius 1 is 1.18 bits per heavy atom. The molecule has 0 bridgehead atoms. The number of Topliss-reactive ketones (excluding diaryl/α,β-unsaturated/α-hetero) is 1. The van der Waals surface area contributed by atoms with Crippen molar-refractivity contribution in [2.45, 2.75) is 50.0 Å². The van der Waals surface area contributed by atoms with E-state index in [1.54, 1.807) is 0 Å². The molecule has 1 aliphatic heterocycles. The number of nitrogens with zero attached hydrogens (tertiary/aromatic N) is 1. The molecule has 1 saturated heterocycles. The van der Waals surface area contributed by atoms with E-state index in [0.29, 0.717) is 12.3 Å². The van der Waals surface area contributed by atoms with Gasteiger partial charge in [0.2, 0.25) is 0 Å². The molecule has 1 N–H and O–H groups in total. The highest BCUT2D eigenvalue weighted by atomic mass is 35.5. The topological polar surface area (TPSA) is 40.5 Å². The molecule has 2 aliphatic rings. The minimum atomic E-state index is -0.274. The van der Waals surface area contributed by atoms with Crippen molar-refractivity contribution in [2.24, 2.45) is 0 Å². The molecule has 3 rings (SSSR count). The van der Waals surface area contributed by atoms with Crippen molar-refractivity contribution in [2.75, 3.05) is 19.7 Å². The Morgan fingerprint density at radius 3 is 2.50 bits per heavy atom. The van der Waals surface area contributed by atoms with E-state index in [1.807, 2.05) is 18.2 Å². The fraction of sp³-hybridized carbons (Fsp3) is 0.611. The van der Waals surface area contributed by atoms with Gasteiger partial charge in [0.1, 0.15) is 0 Å². The molecule has 1 aromatic rings. The Labute approximate surface area is 139 Å². The lowest BCUT2D eigenvalue weighted by Crippen LogP contribution is -2.44. The predicted molar refractivity (Wildman–Crippen MR) is 90.5 cm³/mol. The van der Waals surface area contributed by atoms with E-state index in [-0.39, 0.29) is 30.5 Å². The van der Waals surface area contributed by atoms with E-state index >= 15 is 0 Å². The third-order valence-electron chi connectivity index (χ3n) is 5.37. The first-order chi connectivity index (χ1) is 10.3. The number of likely N-dealkylation sites (tertiary alicyclic amines) is 1. The van der Waals surface area contributed by atoms with Crippen LogP contribution in [-0.2, 0) is 10.2 Å². The van der Waals surface area contributed by atoms with E-state index in [1.165, 1.54) is 5.56 Å². The van der Waals surface area contributed by atoms with Crippen molar-refractivity contribution < 1.29 is 9.90 Å². The summed E-state index contributed by atoms with van der Waals surface area (Å²) in [5.74, 6) is 0.353. The van der Waals surface area contributed by atoms with Gasteiger partial charge in [0.05, 0.1) is 18.6 Å². The maximum absolute atomic E-state index is 13.1. The molecular weight excluding hydrogens is 298 g/mol. The summed E-state index contributed by atoms with van der Waals surface area (Å²) in [6.45, 7) is 1.62. The first-order valence-corrected chi connectivity index (χ1v) is 8.20. The SMILES string of the molecule is Cl.O=C(CN1CCCC1CO)C1(c2ccccc2)CCCC1. The zero-order valence-electron chi connectivity index (χ0n) is 13.0. The number of benzene rings is 1. The fourth-order valence-corrected chi connectivity index (χ4v) is 4.11. The van der Waals surface area contributed by atoms with Crippen LogP contribution in [0.5, 0.6) is 0 Å². The maximum Gasteiger partial charge on any atom is 0.157 e. The van der Waals surface area contributed by atoms with Gasteiger partial charge in [0, 0.05) is 6.04 Å². The van der Waals surface area contributed by atoms with Gasteiger partial charge in [-0.2, -0.15) is 0 Å². The van der Waals surface area contributed by atoms with Gasteiger partial charge < -0.3 is 5.11 Å². The van der Waals surface area contributed by atoms with Crippen LogP contribution in [0, 0.1) is 0 Å². The summed E-state index contributed by atoms with van der Waals surface area (Å²) < 4.78 is 0. The van der Waals surface area contributed by atoms with E-state index in [9.17, 15) is 9.90 Å². The van der Waals surface area contributed by atoms with Crippen molar-refractivity contribution in [3.8, 4) is 0 Å². The monoisotopic (exact) mass is 323 g/mol. The summed E-state index contributed by atoms with van der Waals surface area (Å²) in [5.41, 5.74) is 0.913. The molecule has 0 amide bonds. The molecule has 2 fully saturated rings. The number of halogens is 1. The lowest BCUT2D eigenvalue weighted by Gasteiger charge is -2.31. The average molecular weight is 324 g/mol. The van der Waals surface area contributed by atoms with E-state index < -0.39 is 0 Å². The van der Waals surface area contributed by atoms with Gasteiger partial charge >= 0.3 is 0 Å². The summed E-state index contributed by atoms with van der Waals surface area (Å²) in [5, 5.41) is 9.44. The van der Waals surface area contributed by atoms with Crippen molar-refractivity contribution in [1.82, 2.24) is 4.90 Å². The molecule has 1 aromatic carbocycles. The van der Waals surface area contributed by atoms with Crippen molar-refractivity contribution >= 4 is 18.2 Å². The van der Waals surface area contributed by atoms with Crippen LogP contribution in [-0.4, -0.2) is 41.5 Å². The molecule has 1 unspecified atom stereocenters. The Kier molecular flexibility index (Phi) is 6.01. The van der Waals surface area contributed by atoms with Crippen LogP contribution < -0.4 is 0 Å². The summed E-state index contributed by atoms with van der Waals surface area (Å²) in [4.78, 5) is 15.2. The van der Waals surface area contributed by atoms with Crippen LogP contribution in [0.4, 0.5) is 0 Å². The third kappa shape index (κ3) is 3.22. The second kappa shape index (κ2) is 7.58. The van der Waals surface area contributed by atoms with E-state index in [2.05, 4.69) is 17.0 Å². The highest BCUT2D eigenvalue weighted by Gasteiger charge is 2.43. The van der Waals surface area contributed by atoms with Crippen molar-refractivity contribution in [3.05, 3.63) is 35.9 Å². The van der Waals surface area contributed by atoms with Crippen LogP contribution in [0.3, 0.4) is 0 Å². The molecule has 3 nitrogen and oxygen atoms in total. The number of aliphatic hydroxyl groups is 1. The molecule has 0 radical (unpaired) electrons. The summed E-state index contributed by atoms with van der Waals surface area (Å²) >= 11 is 0. The second-order valence-corrected chi connectivity index (χ2v) is 6.53. The average Bonchev–Trinajstić information content (AvgIpc) is 3.17. The molecule has 1 atom stereocenters. The van der Waals surface area contributed by atoms with Gasteiger partial charge in [-0.3, -0.25) is 9.69 Å². The minimum Gasteiger partial charge on any atom is -0.395 e. The third-order valence-corrected chi connectivity index (χ3v) is 5.37. The molecule has 122 valence electrons. The molecule has 1 aliphatic carbocycles. The Bertz CT molecular complexity index is 485. The van der Waals surface area contributed by atoms with Gasteiger partial charge in [-0.1, -0.05) is 43.2 Å². The first-order valence-electron chi connectivity index (χ1n) is 8.20. The predicted octanol–water partition coefficient (Wildman–Crippen LogP) is 2.95. The molecule has 0 spiro atoms. The first kappa shape index (κ1) is 17.5. The quantitative estimate of drug-likeness (QED) is 0.905. The van der Waals surface area contributed by atoms with Crippen LogP contribution in [0.2, 0.25) is 0 Å². The van der Waals surface area contributed by atoms with Gasteiger partial charge in [-0.25, -0.2) is 0 Å². The number of hydrogen-bond acceptors (Lipinski definition) is 3. The Morgan fingerprint density at radius 2 is 1.86 bits per heavy atom. The molecule has 1 saturated carbocycles. The highest BCUT2D eigenvalue weighted by molar-refractivity contribution is 5.92. The maximum atomic E-state index is 13.1. The minimum absolute atomic E-state index is 0. The van der Waals surface area contributed by atoms with Gasteiger partial charge in [0.25, 0.3) is 0 Å². The highest BCUT2D eigenvalue weighted by Crippen LogP contribution is 2.42. The molecule has 4 heteroatoms.